The molecule has 0 spiro atoms. The number of alkyl halides is 1. The molecule has 0 radical (unpaired) electrons. The first-order valence-corrected chi connectivity index (χ1v) is 8.90. The number of aromatic nitrogens is 1. The monoisotopic (exact) mass is 386 g/mol. The Kier molecular flexibility index (Phi) is 6.21. The molecular formula is C15H16BrClN2OS. The summed E-state index contributed by atoms with van der Waals surface area (Å²) < 4.78 is 1.04. The molecular weight excluding hydrogens is 372 g/mol. The first kappa shape index (κ1) is 16.5. The maximum Gasteiger partial charge on any atom is 0.226 e. The summed E-state index contributed by atoms with van der Waals surface area (Å²) in [6, 6.07) is 8.04. The number of anilines is 1. The molecule has 0 aliphatic rings. The number of nitrogens with one attached hydrogen (secondary N) is 1. The lowest BCUT2D eigenvalue weighted by atomic mass is 10.1. The summed E-state index contributed by atoms with van der Waals surface area (Å²) in [6.07, 6.45) is 2.00. The van der Waals surface area contributed by atoms with E-state index in [0.29, 0.717) is 23.9 Å². The fourth-order valence-electron chi connectivity index (χ4n) is 1.89. The molecule has 0 saturated carbocycles. The van der Waals surface area contributed by atoms with E-state index in [1.54, 1.807) is 0 Å². The van der Waals surface area contributed by atoms with Crippen molar-refractivity contribution >= 4 is 49.9 Å². The maximum absolute atomic E-state index is 11.8. The number of rotatable bonds is 6. The van der Waals surface area contributed by atoms with Gasteiger partial charge in [-0.1, -0.05) is 35.0 Å². The van der Waals surface area contributed by atoms with E-state index in [1.165, 1.54) is 16.2 Å². The molecule has 0 aliphatic carbocycles. The lowest BCUT2D eigenvalue weighted by Gasteiger charge is -2.00. The number of aryl methyl sites for hydroxylation is 1. The predicted molar refractivity (Wildman–Crippen MR) is 93.2 cm³/mol. The topological polar surface area (TPSA) is 42.0 Å². The van der Waals surface area contributed by atoms with Crippen LogP contribution in [0.15, 0.2) is 28.7 Å². The van der Waals surface area contributed by atoms with Crippen molar-refractivity contribution in [3.05, 3.63) is 33.6 Å². The van der Waals surface area contributed by atoms with Crippen LogP contribution in [0.3, 0.4) is 0 Å². The number of thiazole rings is 1. The SMILES string of the molecule is CCc1sc(NC(=O)CCCCl)nc1-c1ccc(Br)cc1. The van der Waals surface area contributed by atoms with Crippen molar-refractivity contribution in [3.8, 4) is 11.3 Å². The largest absolute Gasteiger partial charge is 0.302 e. The summed E-state index contributed by atoms with van der Waals surface area (Å²) in [5.41, 5.74) is 2.01. The normalized spacial score (nSPS) is 10.6. The van der Waals surface area contributed by atoms with Gasteiger partial charge in [-0.3, -0.25) is 4.79 Å². The highest BCUT2D eigenvalue weighted by Crippen LogP contribution is 2.32. The quantitative estimate of drug-likeness (QED) is 0.701. The molecule has 112 valence electrons. The van der Waals surface area contributed by atoms with E-state index in [0.717, 1.165) is 22.2 Å². The first-order chi connectivity index (χ1) is 10.1. The Morgan fingerprint density at radius 2 is 2.10 bits per heavy atom. The van der Waals surface area contributed by atoms with Gasteiger partial charge in [-0.25, -0.2) is 4.98 Å². The number of nitrogens with zero attached hydrogens (tertiary/aromatic N) is 1. The zero-order valence-electron chi connectivity index (χ0n) is 11.7. The summed E-state index contributed by atoms with van der Waals surface area (Å²) in [5, 5.41) is 3.51. The molecule has 6 heteroatoms. The van der Waals surface area contributed by atoms with Crippen molar-refractivity contribution in [2.75, 3.05) is 11.2 Å². The van der Waals surface area contributed by atoms with Crippen molar-refractivity contribution < 1.29 is 4.79 Å². The molecule has 0 aliphatic heterocycles. The van der Waals surface area contributed by atoms with Crippen molar-refractivity contribution in [1.29, 1.82) is 0 Å². The molecule has 0 unspecified atom stereocenters. The summed E-state index contributed by atoms with van der Waals surface area (Å²) >= 11 is 10.6. The minimum atomic E-state index is -0.0330. The Bertz CT molecular complexity index is 613. The van der Waals surface area contributed by atoms with Gasteiger partial charge in [0.1, 0.15) is 0 Å². The van der Waals surface area contributed by atoms with Gasteiger partial charge in [0, 0.05) is 27.2 Å². The number of halogens is 2. The van der Waals surface area contributed by atoms with Gasteiger partial charge in [0.15, 0.2) is 5.13 Å². The molecule has 0 atom stereocenters. The molecule has 1 heterocycles. The summed E-state index contributed by atoms with van der Waals surface area (Å²) in [6.45, 7) is 2.09. The van der Waals surface area contributed by atoms with E-state index in [2.05, 4.69) is 33.2 Å². The molecule has 2 rings (SSSR count). The molecule has 0 fully saturated rings. The molecule has 0 saturated heterocycles. The van der Waals surface area contributed by atoms with Gasteiger partial charge in [0.25, 0.3) is 0 Å². The second-order valence-electron chi connectivity index (χ2n) is 4.49. The number of benzene rings is 1. The van der Waals surface area contributed by atoms with Crippen LogP contribution in [0.4, 0.5) is 5.13 Å². The summed E-state index contributed by atoms with van der Waals surface area (Å²) in [7, 11) is 0. The highest BCUT2D eigenvalue weighted by Gasteiger charge is 2.13. The zero-order valence-corrected chi connectivity index (χ0v) is 14.8. The van der Waals surface area contributed by atoms with Crippen LogP contribution in [-0.4, -0.2) is 16.8 Å². The fourth-order valence-corrected chi connectivity index (χ4v) is 3.22. The predicted octanol–water partition coefficient (Wildman–Crippen LogP) is 5.09. The highest BCUT2D eigenvalue weighted by atomic mass is 79.9. The van der Waals surface area contributed by atoms with Crippen molar-refractivity contribution in [2.45, 2.75) is 26.2 Å². The maximum atomic E-state index is 11.8. The number of carbonyl (C=O) groups excluding carboxylic acids is 1. The Balaban J connectivity index is 2.19. The Hall–Kier alpha value is -0.910. The van der Waals surface area contributed by atoms with Crippen LogP contribution in [0.1, 0.15) is 24.6 Å². The van der Waals surface area contributed by atoms with Gasteiger partial charge >= 0.3 is 0 Å². The van der Waals surface area contributed by atoms with Gasteiger partial charge in [0.05, 0.1) is 5.69 Å². The Morgan fingerprint density at radius 3 is 2.71 bits per heavy atom. The molecule has 1 aromatic carbocycles. The van der Waals surface area contributed by atoms with E-state index in [1.807, 2.05) is 24.3 Å². The molecule has 1 N–H and O–H groups in total. The third-order valence-electron chi connectivity index (χ3n) is 2.92. The number of amides is 1. The van der Waals surface area contributed by atoms with Crippen LogP contribution in [0.5, 0.6) is 0 Å². The molecule has 1 amide bonds. The molecule has 3 nitrogen and oxygen atoms in total. The third-order valence-corrected chi connectivity index (χ3v) is 4.83. The second kappa shape index (κ2) is 7.92. The van der Waals surface area contributed by atoms with Gasteiger partial charge in [0.2, 0.25) is 5.91 Å². The van der Waals surface area contributed by atoms with Gasteiger partial charge in [-0.15, -0.1) is 22.9 Å². The second-order valence-corrected chi connectivity index (χ2v) is 6.87. The van der Waals surface area contributed by atoms with E-state index < -0.39 is 0 Å². The summed E-state index contributed by atoms with van der Waals surface area (Å²) in [5.74, 6) is 0.463. The van der Waals surface area contributed by atoms with Crippen LogP contribution in [-0.2, 0) is 11.2 Å². The minimum Gasteiger partial charge on any atom is -0.302 e. The fraction of sp³-hybridized carbons (Fsp3) is 0.333. The van der Waals surface area contributed by atoms with E-state index >= 15 is 0 Å². The van der Waals surface area contributed by atoms with Crippen LogP contribution in [0.25, 0.3) is 11.3 Å². The highest BCUT2D eigenvalue weighted by molar-refractivity contribution is 9.10. The Labute approximate surface area is 141 Å². The first-order valence-electron chi connectivity index (χ1n) is 6.75. The molecule has 1 aromatic heterocycles. The smallest absolute Gasteiger partial charge is 0.226 e. The van der Waals surface area contributed by atoms with E-state index in [4.69, 9.17) is 11.6 Å². The molecule has 0 bridgehead atoms. The standard InChI is InChI=1S/C15H16BrClN2OS/c1-2-12-14(10-5-7-11(16)8-6-10)19-15(21-12)18-13(20)4-3-9-17/h5-8H,2-4,9H2,1H3,(H,18,19,20). The van der Waals surface area contributed by atoms with Gasteiger partial charge in [-0.05, 0) is 25.0 Å². The zero-order chi connectivity index (χ0) is 15.2. The number of hydrogen-bond acceptors (Lipinski definition) is 3. The van der Waals surface area contributed by atoms with Crippen molar-refractivity contribution in [1.82, 2.24) is 4.98 Å². The lowest BCUT2D eigenvalue weighted by Crippen LogP contribution is -2.10. The van der Waals surface area contributed by atoms with Gasteiger partial charge < -0.3 is 5.32 Å². The minimum absolute atomic E-state index is 0.0330. The average molecular weight is 388 g/mol. The average Bonchev–Trinajstić information content (AvgIpc) is 2.88. The third kappa shape index (κ3) is 4.53. The van der Waals surface area contributed by atoms with Crippen LogP contribution >= 0.6 is 38.9 Å². The van der Waals surface area contributed by atoms with E-state index in [-0.39, 0.29) is 5.91 Å². The summed E-state index contributed by atoms with van der Waals surface area (Å²) in [4.78, 5) is 17.5. The Morgan fingerprint density at radius 1 is 1.38 bits per heavy atom. The number of carbonyl (C=O) groups is 1. The van der Waals surface area contributed by atoms with Crippen molar-refractivity contribution in [2.24, 2.45) is 0 Å². The van der Waals surface area contributed by atoms with E-state index in [9.17, 15) is 4.79 Å². The lowest BCUT2D eigenvalue weighted by molar-refractivity contribution is -0.116. The number of hydrogen-bond donors (Lipinski definition) is 1. The molecule has 21 heavy (non-hydrogen) atoms. The van der Waals surface area contributed by atoms with Crippen LogP contribution in [0, 0.1) is 0 Å². The molecule has 2 aromatic rings. The van der Waals surface area contributed by atoms with Crippen LogP contribution < -0.4 is 5.32 Å². The van der Waals surface area contributed by atoms with Crippen LogP contribution in [0.2, 0.25) is 0 Å². The van der Waals surface area contributed by atoms with Crippen molar-refractivity contribution in [3.63, 3.8) is 0 Å². The van der Waals surface area contributed by atoms with Gasteiger partial charge in [-0.2, -0.15) is 0 Å².